The third-order valence-electron chi connectivity index (χ3n) is 9.97. The normalized spacial score (nSPS) is 11.2. The van der Waals surface area contributed by atoms with Gasteiger partial charge in [0.15, 0.2) is 34.9 Å². The second kappa shape index (κ2) is 14.3. The van der Waals surface area contributed by atoms with Crippen molar-refractivity contribution in [1.29, 1.82) is 0 Å². The van der Waals surface area contributed by atoms with E-state index < -0.39 is 0 Å². The summed E-state index contributed by atoms with van der Waals surface area (Å²) < 4.78 is 0. The summed E-state index contributed by atoms with van der Waals surface area (Å²) >= 11 is 0. The van der Waals surface area contributed by atoms with Gasteiger partial charge in [-0.3, -0.25) is 0 Å². The average Bonchev–Trinajstić information content (AvgIpc) is 3.29. The highest BCUT2D eigenvalue weighted by atomic mass is 15.0. The van der Waals surface area contributed by atoms with Gasteiger partial charge in [0.1, 0.15) is 0 Å². The molecule has 10 rings (SSSR count). The van der Waals surface area contributed by atoms with Gasteiger partial charge in [0.05, 0.1) is 0 Å². The molecule has 6 nitrogen and oxygen atoms in total. The summed E-state index contributed by atoms with van der Waals surface area (Å²) in [6, 6.07) is 66.0. The van der Waals surface area contributed by atoms with Crippen LogP contribution in [0, 0.1) is 0 Å². The quantitative estimate of drug-likeness (QED) is 0.163. The number of benzene rings is 8. The fraction of sp³-hybridized carbons (Fsp3) is 0. The van der Waals surface area contributed by atoms with E-state index in [-0.39, 0.29) is 0 Å². The molecule has 0 unspecified atom stereocenters. The minimum absolute atomic E-state index is 0.605. The van der Waals surface area contributed by atoms with Gasteiger partial charge in [0.25, 0.3) is 0 Å². The molecule has 0 amide bonds. The molecule has 6 heteroatoms. The zero-order valence-electron chi connectivity index (χ0n) is 30.2. The zero-order chi connectivity index (χ0) is 37.3. The molecule has 0 saturated heterocycles. The number of fused-ring (bicyclic) bond motifs is 2. The maximum atomic E-state index is 5.15. The fourth-order valence-corrected chi connectivity index (χ4v) is 7.18. The van der Waals surface area contributed by atoms with E-state index >= 15 is 0 Å². The van der Waals surface area contributed by atoms with Crippen LogP contribution in [-0.2, 0) is 0 Å². The lowest BCUT2D eigenvalue weighted by Gasteiger charge is -2.13. The maximum Gasteiger partial charge on any atom is 0.164 e. The lowest BCUT2D eigenvalue weighted by molar-refractivity contribution is 1.07. The van der Waals surface area contributed by atoms with Crippen molar-refractivity contribution in [2.45, 2.75) is 0 Å². The smallest absolute Gasteiger partial charge is 0.164 e. The Labute approximate surface area is 324 Å². The molecule has 2 aromatic heterocycles. The van der Waals surface area contributed by atoms with Crippen molar-refractivity contribution in [3.63, 3.8) is 0 Å². The summed E-state index contributed by atoms with van der Waals surface area (Å²) in [6.07, 6.45) is 0. The van der Waals surface area contributed by atoms with Crippen LogP contribution in [0.5, 0.6) is 0 Å². The number of hydrogen-bond acceptors (Lipinski definition) is 6. The molecule has 56 heavy (non-hydrogen) atoms. The Kier molecular flexibility index (Phi) is 8.39. The van der Waals surface area contributed by atoms with Gasteiger partial charge in [-0.15, -0.1) is 0 Å². The molecular formula is C50H32N6. The zero-order valence-corrected chi connectivity index (χ0v) is 30.2. The average molecular weight is 717 g/mol. The number of aromatic nitrogens is 6. The standard InChI is InChI=1S/C50H32N6/c1-5-15-33(16-6-1)41-23-13-25-43-42(41)24-14-26-44(43)50-55-47(36-21-11-4-12-22-36)54-49(56-50)40-30-28-37-31-39(29-27-38(37)32-40)48-52-45(34-17-7-2-8-18-34)51-46(53-48)35-19-9-3-10-20-35/h1-32H. The van der Waals surface area contributed by atoms with Crippen molar-refractivity contribution in [3.05, 3.63) is 194 Å². The Morgan fingerprint density at radius 2 is 0.554 bits per heavy atom. The highest BCUT2D eigenvalue weighted by Gasteiger charge is 2.17. The first-order chi connectivity index (χ1) is 27.7. The number of nitrogens with zero attached hydrogens (tertiary/aromatic N) is 6. The fourth-order valence-electron chi connectivity index (χ4n) is 7.18. The van der Waals surface area contributed by atoms with Crippen LogP contribution < -0.4 is 0 Å². The summed E-state index contributed by atoms with van der Waals surface area (Å²) in [5.74, 6) is 3.73. The Hall–Kier alpha value is -7.70. The molecule has 0 spiro atoms. The van der Waals surface area contributed by atoms with Crippen LogP contribution in [-0.4, -0.2) is 29.9 Å². The molecule has 0 aliphatic heterocycles. The third kappa shape index (κ3) is 6.35. The Bertz CT molecular complexity index is 2950. The molecule has 0 aliphatic rings. The monoisotopic (exact) mass is 716 g/mol. The van der Waals surface area contributed by atoms with E-state index in [1.165, 1.54) is 11.1 Å². The van der Waals surface area contributed by atoms with Crippen molar-refractivity contribution >= 4 is 21.5 Å². The van der Waals surface area contributed by atoms with Gasteiger partial charge in [0, 0.05) is 33.4 Å². The van der Waals surface area contributed by atoms with Crippen molar-refractivity contribution in [2.24, 2.45) is 0 Å². The summed E-state index contributed by atoms with van der Waals surface area (Å²) in [7, 11) is 0. The van der Waals surface area contributed by atoms with Crippen LogP contribution in [0.3, 0.4) is 0 Å². The van der Waals surface area contributed by atoms with Crippen LogP contribution in [0.25, 0.3) is 101 Å². The Balaban J connectivity index is 1.08. The van der Waals surface area contributed by atoms with Crippen molar-refractivity contribution in [2.75, 3.05) is 0 Å². The first-order valence-electron chi connectivity index (χ1n) is 18.5. The minimum atomic E-state index is 0.605. The maximum absolute atomic E-state index is 5.15. The van der Waals surface area contributed by atoms with Crippen LogP contribution in [0.15, 0.2) is 194 Å². The lowest BCUT2D eigenvalue weighted by Crippen LogP contribution is -2.01. The predicted molar refractivity (Wildman–Crippen MR) is 226 cm³/mol. The molecule has 2 heterocycles. The first-order valence-corrected chi connectivity index (χ1v) is 18.5. The Morgan fingerprint density at radius 1 is 0.214 bits per heavy atom. The molecule has 0 bridgehead atoms. The van der Waals surface area contributed by atoms with Crippen molar-refractivity contribution in [1.82, 2.24) is 29.9 Å². The molecule has 0 fully saturated rings. The Morgan fingerprint density at radius 3 is 0.982 bits per heavy atom. The molecule has 8 aromatic carbocycles. The largest absolute Gasteiger partial charge is 0.208 e. The molecule has 10 aromatic rings. The molecule has 0 saturated carbocycles. The van der Waals surface area contributed by atoms with E-state index in [1.54, 1.807) is 0 Å². The first kappa shape index (κ1) is 32.9. The highest BCUT2D eigenvalue weighted by molar-refractivity contribution is 6.03. The van der Waals surface area contributed by atoms with Crippen LogP contribution >= 0.6 is 0 Å². The van der Waals surface area contributed by atoms with Crippen molar-refractivity contribution in [3.8, 4) is 79.5 Å². The molecule has 0 N–H and O–H groups in total. The van der Waals surface area contributed by atoms with Gasteiger partial charge in [-0.05, 0) is 44.8 Å². The van der Waals surface area contributed by atoms with Gasteiger partial charge in [0.2, 0.25) is 0 Å². The van der Waals surface area contributed by atoms with E-state index in [0.717, 1.165) is 54.9 Å². The van der Waals surface area contributed by atoms with Gasteiger partial charge < -0.3 is 0 Å². The van der Waals surface area contributed by atoms with Crippen molar-refractivity contribution < 1.29 is 0 Å². The van der Waals surface area contributed by atoms with E-state index in [4.69, 9.17) is 29.9 Å². The third-order valence-corrected chi connectivity index (χ3v) is 9.97. The number of hydrogen-bond donors (Lipinski definition) is 0. The van der Waals surface area contributed by atoms with Gasteiger partial charge in [-0.1, -0.05) is 182 Å². The summed E-state index contributed by atoms with van der Waals surface area (Å²) in [4.78, 5) is 30.0. The van der Waals surface area contributed by atoms with E-state index in [1.807, 2.05) is 97.1 Å². The summed E-state index contributed by atoms with van der Waals surface area (Å²) in [5, 5.41) is 4.33. The highest BCUT2D eigenvalue weighted by Crippen LogP contribution is 2.36. The van der Waals surface area contributed by atoms with Crippen LogP contribution in [0.4, 0.5) is 0 Å². The molecule has 0 atom stereocenters. The lowest BCUT2D eigenvalue weighted by atomic mass is 9.95. The van der Waals surface area contributed by atoms with E-state index in [0.29, 0.717) is 34.9 Å². The number of rotatable bonds is 7. The topological polar surface area (TPSA) is 77.3 Å². The van der Waals surface area contributed by atoms with E-state index in [9.17, 15) is 0 Å². The van der Waals surface area contributed by atoms with E-state index in [2.05, 4.69) is 97.1 Å². The molecule has 262 valence electrons. The van der Waals surface area contributed by atoms with Crippen LogP contribution in [0.2, 0.25) is 0 Å². The van der Waals surface area contributed by atoms with Crippen LogP contribution in [0.1, 0.15) is 0 Å². The SMILES string of the molecule is c1ccc(-c2nc(-c3ccccc3)nc(-c3ccc4cc(-c5nc(-c6ccccc6)nc(-c6cccc7c(-c8ccccc8)cccc67)n5)ccc4c3)n2)cc1. The van der Waals surface area contributed by atoms with Gasteiger partial charge >= 0.3 is 0 Å². The summed E-state index contributed by atoms with van der Waals surface area (Å²) in [5.41, 5.74) is 7.89. The molecule has 0 aliphatic carbocycles. The predicted octanol–water partition coefficient (Wildman–Crippen LogP) is 12.0. The second-order valence-electron chi connectivity index (χ2n) is 13.6. The molecular weight excluding hydrogens is 685 g/mol. The molecule has 0 radical (unpaired) electrons. The minimum Gasteiger partial charge on any atom is -0.208 e. The summed E-state index contributed by atoms with van der Waals surface area (Å²) in [6.45, 7) is 0. The van der Waals surface area contributed by atoms with Gasteiger partial charge in [-0.25, -0.2) is 29.9 Å². The van der Waals surface area contributed by atoms with Gasteiger partial charge in [-0.2, -0.15) is 0 Å². The second-order valence-corrected chi connectivity index (χ2v) is 13.6.